The van der Waals surface area contributed by atoms with Crippen molar-refractivity contribution in [3.8, 4) is 0 Å². The lowest BCUT2D eigenvalue weighted by molar-refractivity contribution is -0.137. The van der Waals surface area contributed by atoms with Gasteiger partial charge in [0.25, 0.3) is 5.91 Å². The summed E-state index contributed by atoms with van der Waals surface area (Å²) < 4.78 is 41.0. The summed E-state index contributed by atoms with van der Waals surface area (Å²) >= 11 is 0. The molecule has 1 heterocycles. The molecule has 1 saturated carbocycles. The number of aliphatic hydroxyl groups excluding tert-OH is 1. The van der Waals surface area contributed by atoms with E-state index < -0.39 is 17.6 Å². The van der Waals surface area contributed by atoms with Crippen LogP contribution >= 0.6 is 0 Å². The number of fused-ring (bicyclic) bond motifs is 1. The Morgan fingerprint density at radius 2 is 1.91 bits per heavy atom. The molecule has 2 N–H and O–H groups in total. The topological polar surface area (TPSA) is 84.2 Å². The zero-order valence-corrected chi connectivity index (χ0v) is 17.1. The van der Waals surface area contributed by atoms with Crippen molar-refractivity contribution in [1.82, 2.24) is 9.55 Å². The van der Waals surface area contributed by atoms with Crippen LogP contribution in [0.4, 0.5) is 19.1 Å². The molecule has 4 rings (SSSR count). The van der Waals surface area contributed by atoms with E-state index in [0.717, 1.165) is 18.4 Å². The fourth-order valence-electron chi connectivity index (χ4n) is 4.20. The standard InChI is InChI=1S/C23H22F3N3O3/c24-23(25,26)17-3-1-2-16(11-17)21(32)28-22-27-19-9-6-15(13-31)10-20(19)29(22)18-7-4-14(12-30)5-8-18/h1-3,6,9-12,14,18,31H,4-5,7-8,13H2,(H,27,28,32). The third kappa shape index (κ3) is 4.38. The van der Waals surface area contributed by atoms with Gasteiger partial charge in [-0.15, -0.1) is 0 Å². The number of imidazole rings is 1. The summed E-state index contributed by atoms with van der Waals surface area (Å²) in [6.07, 6.45) is -0.790. The van der Waals surface area contributed by atoms with Gasteiger partial charge in [-0.1, -0.05) is 12.1 Å². The largest absolute Gasteiger partial charge is 0.416 e. The minimum Gasteiger partial charge on any atom is -0.392 e. The van der Waals surface area contributed by atoms with Crippen molar-refractivity contribution in [3.63, 3.8) is 0 Å². The van der Waals surface area contributed by atoms with Crippen LogP contribution in [-0.4, -0.2) is 26.9 Å². The lowest BCUT2D eigenvalue weighted by Crippen LogP contribution is -2.22. The normalized spacial score (nSPS) is 19.1. The maximum absolute atomic E-state index is 13.0. The van der Waals surface area contributed by atoms with Gasteiger partial charge in [-0.05, 0) is 61.6 Å². The van der Waals surface area contributed by atoms with Crippen LogP contribution in [-0.2, 0) is 17.6 Å². The molecule has 0 unspecified atom stereocenters. The van der Waals surface area contributed by atoms with Crippen LogP contribution in [0.3, 0.4) is 0 Å². The Morgan fingerprint density at radius 3 is 2.56 bits per heavy atom. The number of benzene rings is 2. The highest BCUT2D eigenvalue weighted by Gasteiger charge is 2.31. The van der Waals surface area contributed by atoms with E-state index in [2.05, 4.69) is 10.3 Å². The molecule has 0 bridgehead atoms. The number of alkyl halides is 3. The minimum absolute atomic E-state index is 0.00260. The van der Waals surface area contributed by atoms with Crippen molar-refractivity contribution in [2.45, 2.75) is 44.5 Å². The summed E-state index contributed by atoms with van der Waals surface area (Å²) in [4.78, 5) is 28.4. The Balaban J connectivity index is 1.70. The Morgan fingerprint density at radius 1 is 1.16 bits per heavy atom. The molecule has 1 aliphatic carbocycles. The number of aliphatic hydroxyl groups is 1. The van der Waals surface area contributed by atoms with Crippen molar-refractivity contribution in [1.29, 1.82) is 0 Å². The average Bonchev–Trinajstić information content (AvgIpc) is 3.15. The smallest absolute Gasteiger partial charge is 0.392 e. The fraction of sp³-hybridized carbons (Fsp3) is 0.348. The van der Waals surface area contributed by atoms with E-state index in [4.69, 9.17) is 0 Å². The van der Waals surface area contributed by atoms with E-state index in [0.29, 0.717) is 42.3 Å². The first kappa shape index (κ1) is 22.0. The maximum Gasteiger partial charge on any atom is 0.416 e. The monoisotopic (exact) mass is 445 g/mol. The first-order valence-corrected chi connectivity index (χ1v) is 10.4. The zero-order valence-electron chi connectivity index (χ0n) is 17.1. The lowest BCUT2D eigenvalue weighted by Gasteiger charge is -2.28. The predicted octanol–water partition coefficient (Wildman–Crippen LogP) is 4.73. The van der Waals surface area contributed by atoms with Gasteiger partial charge in [0, 0.05) is 17.5 Å². The molecule has 3 aromatic rings. The van der Waals surface area contributed by atoms with E-state index in [1.807, 2.05) is 4.57 Å². The van der Waals surface area contributed by atoms with Gasteiger partial charge in [-0.2, -0.15) is 13.2 Å². The summed E-state index contributed by atoms with van der Waals surface area (Å²) in [5.74, 6) is -0.471. The number of hydrogen-bond acceptors (Lipinski definition) is 4. The number of carbonyl (C=O) groups excluding carboxylic acids is 2. The molecule has 0 atom stereocenters. The SMILES string of the molecule is O=CC1CCC(n2c(NC(=O)c3cccc(C(F)(F)F)c3)nc3ccc(CO)cc32)CC1. The molecule has 1 aliphatic rings. The molecule has 6 nitrogen and oxygen atoms in total. The summed E-state index contributed by atoms with van der Waals surface area (Å²) in [5.41, 5.74) is 0.957. The van der Waals surface area contributed by atoms with E-state index in [1.54, 1.807) is 18.2 Å². The summed E-state index contributed by atoms with van der Waals surface area (Å²) in [7, 11) is 0. The molecule has 0 saturated heterocycles. The van der Waals surface area contributed by atoms with Gasteiger partial charge < -0.3 is 14.5 Å². The molecule has 1 amide bonds. The molecule has 0 aliphatic heterocycles. The molecule has 1 aromatic heterocycles. The van der Waals surface area contributed by atoms with Gasteiger partial charge in [-0.3, -0.25) is 10.1 Å². The van der Waals surface area contributed by atoms with Crippen LogP contribution in [0, 0.1) is 5.92 Å². The number of aldehydes is 1. The second kappa shape index (κ2) is 8.74. The minimum atomic E-state index is -4.55. The van der Waals surface area contributed by atoms with Crippen LogP contribution in [0.2, 0.25) is 0 Å². The summed E-state index contributed by atoms with van der Waals surface area (Å²) in [6.45, 7) is -0.162. The molecular weight excluding hydrogens is 423 g/mol. The van der Waals surface area contributed by atoms with Crippen molar-refractivity contribution >= 4 is 29.2 Å². The number of anilines is 1. The van der Waals surface area contributed by atoms with Gasteiger partial charge in [-0.25, -0.2) is 4.98 Å². The number of nitrogens with zero attached hydrogens (tertiary/aromatic N) is 2. The second-order valence-corrected chi connectivity index (χ2v) is 8.02. The molecule has 0 spiro atoms. The van der Waals surface area contributed by atoms with Crippen molar-refractivity contribution in [2.24, 2.45) is 5.92 Å². The Labute approximate surface area is 182 Å². The van der Waals surface area contributed by atoms with E-state index in [9.17, 15) is 27.9 Å². The van der Waals surface area contributed by atoms with Gasteiger partial charge in [0.1, 0.15) is 6.29 Å². The maximum atomic E-state index is 13.0. The molecule has 1 fully saturated rings. The Bertz CT molecular complexity index is 1150. The van der Waals surface area contributed by atoms with Gasteiger partial charge in [0.2, 0.25) is 5.95 Å². The molecule has 168 valence electrons. The zero-order chi connectivity index (χ0) is 22.9. The van der Waals surface area contributed by atoms with Gasteiger partial charge >= 0.3 is 6.18 Å². The second-order valence-electron chi connectivity index (χ2n) is 8.02. The van der Waals surface area contributed by atoms with Crippen LogP contribution in [0.1, 0.15) is 53.2 Å². The highest BCUT2D eigenvalue weighted by atomic mass is 19.4. The quantitative estimate of drug-likeness (QED) is 0.556. The number of carbonyl (C=O) groups is 2. The first-order chi connectivity index (χ1) is 15.3. The van der Waals surface area contributed by atoms with Crippen molar-refractivity contribution < 1.29 is 27.9 Å². The van der Waals surface area contributed by atoms with E-state index in [-0.39, 0.29) is 30.1 Å². The molecular formula is C23H22F3N3O3. The third-order valence-electron chi connectivity index (χ3n) is 5.91. The van der Waals surface area contributed by atoms with Crippen LogP contribution in [0.5, 0.6) is 0 Å². The van der Waals surface area contributed by atoms with Gasteiger partial charge in [0.15, 0.2) is 0 Å². The number of amides is 1. The Hall–Kier alpha value is -3.20. The first-order valence-electron chi connectivity index (χ1n) is 10.4. The van der Waals surface area contributed by atoms with Gasteiger partial charge in [0.05, 0.1) is 23.2 Å². The number of rotatable bonds is 5. The van der Waals surface area contributed by atoms with E-state index >= 15 is 0 Å². The molecule has 2 aromatic carbocycles. The molecule has 0 radical (unpaired) electrons. The van der Waals surface area contributed by atoms with Crippen LogP contribution < -0.4 is 5.32 Å². The summed E-state index contributed by atoms with van der Waals surface area (Å²) in [5, 5.41) is 12.2. The summed E-state index contributed by atoms with van der Waals surface area (Å²) in [6, 6.07) is 9.42. The molecule has 32 heavy (non-hydrogen) atoms. The fourth-order valence-corrected chi connectivity index (χ4v) is 4.20. The van der Waals surface area contributed by atoms with Crippen LogP contribution in [0.25, 0.3) is 11.0 Å². The van der Waals surface area contributed by atoms with E-state index in [1.165, 1.54) is 12.1 Å². The predicted molar refractivity (Wildman–Crippen MR) is 112 cm³/mol. The lowest BCUT2D eigenvalue weighted by atomic mass is 9.87. The number of halogens is 3. The number of aromatic nitrogens is 2. The molecule has 9 heteroatoms. The van der Waals surface area contributed by atoms with Crippen LogP contribution in [0.15, 0.2) is 42.5 Å². The highest BCUT2D eigenvalue weighted by Crippen LogP contribution is 2.36. The van der Waals surface area contributed by atoms with Crippen molar-refractivity contribution in [3.05, 3.63) is 59.2 Å². The number of nitrogens with one attached hydrogen (secondary N) is 1. The highest BCUT2D eigenvalue weighted by molar-refractivity contribution is 6.04. The third-order valence-corrected chi connectivity index (χ3v) is 5.91. The number of hydrogen-bond donors (Lipinski definition) is 2. The van der Waals surface area contributed by atoms with Crippen molar-refractivity contribution in [2.75, 3.05) is 5.32 Å². The average molecular weight is 445 g/mol. The Kier molecular flexibility index (Phi) is 6.01.